The second-order valence-corrected chi connectivity index (χ2v) is 21.2. The Morgan fingerprint density at radius 1 is 0.350 bits per heavy atom. The molecule has 0 fully saturated rings. The molecule has 3 unspecified atom stereocenters. The van der Waals surface area contributed by atoms with Crippen LogP contribution in [0.2, 0.25) is 0 Å². The predicted octanol–water partition coefficient (Wildman–Crippen LogP) is 18.7. The van der Waals surface area contributed by atoms with Gasteiger partial charge in [-0.3, -0.25) is 23.4 Å². The highest BCUT2D eigenvalue weighted by molar-refractivity contribution is 7.47. The lowest BCUT2D eigenvalue weighted by atomic mass is 10.1. The van der Waals surface area contributed by atoms with Gasteiger partial charge in [-0.15, -0.1) is 0 Å². The molecule has 11 nitrogen and oxygen atoms in total. The number of aliphatic hydroxyl groups is 1. The van der Waals surface area contributed by atoms with E-state index in [1.807, 2.05) is 0 Å². The summed E-state index contributed by atoms with van der Waals surface area (Å²) in [5.41, 5.74) is 0. The number of hydrogen-bond donors (Lipinski definition) is 2. The minimum atomic E-state index is -4.78. The van der Waals surface area contributed by atoms with Crippen LogP contribution in [0.4, 0.5) is 0 Å². The highest BCUT2D eigenvalue weighted by atomic mass is 31.2. The quantitative estimate of drug-likeness (QED) is 0.0197. The molecule has 0 aliphatic heterocycles. The molecule has 0 rings (SSSR count). The number of unbranched alkanes of at least 4 members (excludes halogenated alkanes) is 14. The average Bonchev–Trinajstić information content (AvgIpc) is 3.45. The summed E-state index contributed by atoms with van der Waals surface area (Å²) in [6.07, 6.45) is 78.0. The molecule has 0 aliphatic carbocycles. The Hall–Kier alpha value is -4.64. The van der Waals surface area contributed by atoms with Crippen LogP contribution in [-0.2, 0) is 42.2 Å². The number of rotatable bonds is 55. The van der Waals surface area contributed by atoms with E-state index in [9.17, 15) is 28.9 Å². The Morgan fingerprint density at radius 2 is 0.613 bits per heavy atom. The van der Waals surface area contributed by atoms with Gasteiger partial charge in [-0.1, -0.05) is 218 Å². The number of aliphatic hydroxyl groups excluding tert-OH is 1. The van der Waals surface area contributed by atoms with E-state index in [2.05, 4.69) is 167 Å². The summed E-state index contributed by atoms with van der Waals surface area (Å²) >= 11 is 0. The second kappa shape index (κ2) is 60.5. The summed E-state index contributed by atoms with van der Waals surface area (Å²) in [6, 6.07) is 0. The summed E-state index contributed by atoms with van der Waals surface area (Å²) in [5, 5.41) is 9.84. The van der Waals surface area contributed by atoms with Gasteiger partial charge in [0.15, 0.2) is 6.10 Å². The number of ether oxygens (including phenoxy) is 3. The summed E-state index contributed by atoms with van der Waals surface area (Å²) in [6.45, 7) is 4.22. The highest BCUT2D eigenvalue weighted by Gasteiger charge is 2.28. The normalized spacial score (nSPS) is 14.3. The molecule has 2 N–H and O–H groups in total. The van der Waals surface area contributed by atoms with Crippen molar-refractivity contribution in [3.05, 3.63) is 146 Å². The minimum Gasteiger partial charge on any atom is -0.462 e. The van der Waals surface area contributed by atoms with Crippen LogP contribution in [0.3, 0.4) is 0 Å². The van der Waals surface area contributed by atoms with Crippen LogP contribution >= 0.6 is 7.82 Å². The molecule has 0 amide bonds. The fraction of sp³-hybridized carbons (Fsp3) is 0.603. The summed E-state index contributed by atoms with van der Waals surface area (Å²) in [7, 11) is -4.78. The van der Waals surface area contributed by atoms with E-state index in [1.165, 1.54) is 0 Å². The highest BCUT2D eigenvalue weighted by Crippen LogP contribution is 2.43. The zero-order valence-electron chi connectivity index (χ0n) is 50.0. The van der Waals surface area contributed by atoms with Crippen molar-refractivity contribution in [1.29, 1.82) is 0 Å². The number of hydrogen-bond acceptors (Lipinski definition) is 10. The van der Waals surface area contributed by atoms with E-state index in [4.69, 9.17) is 23.3 Å². The van der Waals surface area contributed by atoms with Crippen molar-refractivity contribution in [3.8, 4) is 0 Å². The van der Waals surface area contributed by atoms with Crippen molar-refractivity contribution in [2.24, 2.45) is 0 Å². The van der Waals surface area contributed by atoms with Gasteiger partial charge in [-0.25, -0.2) is 4.57 Å². The first-order valence-corrected chi connectivity index (χ1v) is 32.2. The number of carbonyl (C=O) groups is 3. The number of allylic oxidation sites excluding steroid dienone is 24. The van der Waals surface area contributed by atoms with Gasteiger partial charge in [-0.05, 0) is 135 Å². The zero-order chi connectivity index (χ0) is 58.3. The van der Waals surface area contributed by atoms with Gasteiger partial charge in [0.1, 0.15) is 12.7 Å². The standard InChI is InChI=1S/C68H109O11P/c1-4-7-10-13-16-19-22-25-28-30-32-34-37-39-42-45-48-51-54-57-66(70)75-61-65(79-68(72)59-56-53-50-47-44-41-38-35-33-31-29-26-23-20-17-14-11-8-5-2)63-77-80(73,74)76-62-64(60-69)78-67(71)58-55-52-49-46-43-40-36-27-24-21-18-15-12-9-6-3/h7-12,16-21,25-29,32-36,41,44,64-65,69H,4-6,13-15,22-24,30-31,37-40,42-43,45-63H2,1-3H3,(H,73,74)/b10-7-,11-8-,12-9-,19-16-,20-17-,21-18-,28-25-,29-26-,34-32-,35-33-,36-27-,44-41-. The molecule has 12 heteroatoms. The Labute approximate surface area is 486 Å². The van der Waals surface area contributed by atoms with Gasteiger partial charge >= 0.3 is 25.7 Å². The largest absolute Gasteiger partial charge is 0.472 e. The topological polar surface area (TPSA) is 155 Å². The SMILES string of the molecule is CC/C=C\C/C=C\C/C=C\C/C=C\C/C=C\CCCCCC(=O)OC(COC(=O)CCCCCCCC/C=C\C/C=C\C/C=C\C/C=C\CC)COP(=O)(O)OCC(CO)OC(=O)CCCCCCC/C=C\C/C=C\C/C=C\CC. The summed E-state index contributed by atoms with van der Waals surface area (Å²) in [4.78, 5) is 48.7. The Balaban J connectivity index is 4.84. The van der Waals surface area contributed by atoms with Gasteiger partial charge in [0.25, 0.3) is 0 Å². The van der Waals surface area contributed by atoms with Crippen LogP contribution in [0.15, 0.2) is 146 Å². The van der Waals surface area contributed by atoms with Crippen molar-refractivity contribution >= 4 is 25.7 Å². The maximum Gasteiger partial charge on any atom is 0.472 e. The monoisotopic (exact) mass is 1130 g/mol. The third kappa shape index (κ3) is 58.0. The molecular weight excluding hydrogens is 1020 g/mol. The Bertz CT molecular complexity index is 1900. The van der Waals surface area contributed by atoms with Crippen LogP contribution < -0.4 is 0 Å². The van der Waals surface area contributed by atoms with E-state index in [1.54, 1.807) is 0 Å². The van der Waals surface area contributed by atoms with Gasteiger partial charge in [-0.2, -0.15) is 0 Å². The molecule has 0 aromatic rings. The predicted molar refractivity (Wildman–Crippen MR) is 334 cm³/mol. The number of carbonyl (C=O) groups excluding carboxylic acids is 3. The lowest BCUT2D eigenvalue weighted by molar-refractivity contribution is -0.161. The fourth-order valence-corrected chi connectivity index (χ4v) is 8.47. The van der Waals surface area contributed by atoms with Gasteiger partial charge < -0.3 is 24.2 Å². The maximum absolute atomic E-state index is 12.9. The van der Waals surface area contributed by atoms with Crippen molar-refractivity contribution in [2.75, 3.05) is 26.4 Å². The van der Waals surface area contributed by atoms with Gasteiger partial charge in [0.2, 0.25) is 0 Å². The molecule has 0 spiro atoms. The third-order valence-electron chi connectivity index (χ3n) is 12.2. The molecular formula is C68H109O11P. The van der Waals surface area contributed by atoms with E-state index in [-0.39, 0.29) is 25.9 Å². The van der Waals surface area contributed by atoms with Crippen molar-refractivity contribution in [3.63, 3.8) is 0 Å². The fourth-order valence-electron chi connectivity index (χ4n) is 7.68. The Morgan fingerprint density at radius 3 is 0.950 bits per heavy atom. The lowest BCUT2D eigenvalue weighted by Crippen LogP contribution is -2.30. The Kier molecular flexibility index (Phi) is 56.9. The number of phosphoric ester groups is 1. The average molecular weight is 1130 g/mol. The van der Waals surface area contributed by atoms with Crippen molar-refractivity contribution in [1.82, 2.24) is 0 Å². The molecule has 0 bridgehead atoms. The second-order valence-electron chi connectivity index (χ2n) is 19.7. The molecule has 0 aromatic heterocycles. The molecule has 0 radical (unpaired) electrons. The van der Waals surface area contributed by atoms with Crippen LogP contribution in [0.5, 0.6) is 0 Å². The summed E-state index contributed by atoms with van der Waals surface area (Å²) in [5.74, 6) is -1.55. The summed E-state index contributed by atoms with van der Waals surface area (Å²) < 4.78 is 39.6. The molecule has 3 atom stereocenters. The molecule has 0 saturated heterocycles. The first-order chi connectivity index (χ1) is 39.2. The smallest absolute Gasteiger partial charge is 0.462 e. The van der Waals surface area contributed by atoms with E-state index in [0.29, 0.717) is 19.3 Å². The zero-order valence-corrected chi connectivity index (χ0v) is 50.9. The third-order valence-corrected chi connectivity index (χ3v) is 13.2. The van der Waals surface area contributed by atoms with Crippen LogP contribution in [0, 0.1) is 0 Å². The van der Waals surface area contributed by atoms with Crippen LogP contribution in [0.1, 0.15) is 226 Å². The molecule has 0 heterocycles. The molecule has 452 valence electrons. The molecule has 0 aliphatic rings. The van der Waals surface area contributed by atoms with Crippen molar-refractivity contribution < 1.29 is 52.2 Å². The van der Waals surface area contributed by atoms with E-state index >= 15 is 0 Å². The lowest BCUT2D eigenvalue weighted by Gasteiger charge is -2.21. The first kappa shape index (κ1) is 75.4. The molecule has 80 heavy (non-hydrogen) atoms. The van der Waals surface area contributed by atoms with Crippen LogP contribution in [0.25, 0.3) is 0 Å². The number of esters is 3. The minimum absolute atomic E-state index is 0.115. The first-order valence-electron chi connectivity index (χ1n) is 30.7. The van der Waals surface area contributed by atoms with Gasteiger partial charge in [0.05, 0.1) is 19.8 Å². The van der Waals surface area contributed by atoms with E-state index < -0.39 is 57.8 Å². The van der Waals surface area contributed by atoms with E-state index in [0.717, 1.165) is 167 Å². The molecule has 0 saturated carbocycles. The number of phosphoric acid groups is 1. The van der Waals surface area contributed by atoms with Crippen LogP contribution in [-0.4, -0.2) is 66.5 Å². The van der Waals surface area contributed by atoms with Gasteiger partial charge in [0, 0.05) is 19.3 Å². The maximum atomic E-state index is 12.9. The van der Waals surface area contributed by atoms with Crippen molar-refractivity contribution in [2.45, 2.75) is 238 Å². The molecule has 0 aromatic carbocycles.